The smallest absolute Gasteiger partial charge is 0.159 e. The van der Waals surface area contributed by atoms with Gasteiger partial charge in [-0.1, -0.05) is 6.07 Å². The quantitative estimate of drug-likeness (QED) is 0.904. The van der Waals surface area contributed by atoms with Gasteiger partial charge in [0, 0.05) is 18.9 Å². The molecule has 4 nitrogen and oxygen atoms in total. The van der Waals surface area contributed by atoms with Gasteiger partial charge >= 0.3 is 0 Å². The minimum atomic E-state index is -0.835. The summed E-state index contributed by atoms with van der Waals surface area (Å²) < 4.78 is 26.0. The van der Waals surface area contributed by atoms with E-state index in [0.717, 1.165) is 37.8 Å². The van der Waals surface area contributed by atoms with Crippen molar-refractivity contribution in [3.63, 3.8) is 0 Å². The molecular weight excluding hydrogens is 262 g/mol. The van der Waals surface area contributed by atoms with Gasteiger partial charge in [0.2, 0.25) is 0 Å². The van der Waals surface area contributed by atoms with E-state index < -0.39 is 11.6 Å². The fourth-order valence-electron chi connectivity index (χ4n) is 2.49. The van der Waals surface area contributed by atoms with E-state index >= 15 is 0 Å². The molecule has 3 rings (SSSR count). The number of H-pyrrole nitrogens is 1. The Hall–Kier alpha value is -1.82. The Labute approximate surface area is 115 Å². The van der Waals surface area contributed by atoms with E-state index in [1.54, 1.807) is 6.07 Å². The normalized spacial score (nSPS) is 19.2. The summed E-state index contributed by atoms with van der Waals surface area (Å²) in [5.74, 6) is 0.143. The second kappa shape index (κ2) is 5.66. The highest BCUT2D eigenvalue weighted by Crippen LogP contribution is 2.20. The molecule has 1 unspecified atom stereocenters. The molecule has 0 saturated carbocycles. The van der Waals surface area contributed by atoms with Crippen molar-refractivity contribution in [2.24, 2.45) is 0 Å². The summed E-state index contributed by atoms with van der Waals surface area (Å²) >= 11 is 0. The summed E-state index contributed by atoms with van der Waals surface area (Å²) in [5.41, 5.74) is 0.674. The zero-order valence-corrected chi connectivity index (χ0v) is 11.0. The van der Waals surface area contributed by atoms with Gasteiger partial charge in [-0.15, -0.1) is 0 Å². The maximum Gasteiger partial charge on any atom is 0.159 e. The second-order valence-corrected chi connectivity index (χ2v) is 5.11. The SMILES string of the molecule is Fc1ccc(Cc2nc(C3CCCNC3)n[nH]2)cc1F. The van der Waals surface area contributed by atoms with E-state index in [4.69, 9.17) is 0 Å². The fourth-order valence-corrected chi connectivity index (χ4v) is 2.49. The molecule has 20 heavy (non-hydrogen) atoms. The Kier molecular flexibility index (Phi) is 3.73. The van der Waals surface area contributed by atoms with Crippen LogP contribution in [0.5, 0.6) is 0 Å². The number of hydrogen-bond acceptors (Lipinski definition) is 3. The van der Waals surface area contributed by atoms with Crippen molar-refractivity contribution < 1.29 is 8.78 Å². The summed E-state index contributed by atoms with van der Waals surface area (Å²) in [6, 6.07) is 3.88. The van der Waals surface area contributed by atoms with Gasteiger partial charge in [0.15, 0.2) is 17.5 Å². The lowest BCUT2D eigenvalue weighted by Crippen LogP contribution is -2.28. The molecule has 2 aromatic rings. The van der Waals surface area contributed by atoms with Gasteiger partial charge in [0.25, 0.3) is 0 Å². The van der Waals surface area contributed by atoms with Crippen molar-refractivity contribution in [1.82, 2.24) is 20.5 Å². The van der Waals surface area contributed by atoms with Crippen LogP contribution in [0.2, 0.25) is 0 Å². The Morgan fingerprint density at radius 1 is 1.25 bits per heavy atom. The average Bonchev–Trinajstić information content (AvgIpc) is 2.92. The highest BCUT2D eigenvalue weighted by Gasteiger charge is 2.19. The third-order valence-electron chi connectivity index (χ3n) is 3.57. The standard InChI is InChI=1S/C14H16F2N4/c15-11-4-3-9(6-12(11)16)7-13-18-14(20-19-13)10-2-1-5-17-8-10/h3-4,6,10,17H,1-2,5,7-8H2,(H,18,19,20). The summed E-state index contributed by atoms with van der Waals surface area (Å²) in [6.07, 6.45) is 2.62. The minimum Gasteiger partial charge on any atom is -0.316 e. The number of piperidine rings is 1. The number of halogens is 2. The predicted octanol–water partition coefficient (Wildman–Crippen LogP) is 2.14. The summed E-state index contributed by atoms with van der Waals surface area (Å²) in [7, 11) is 0. The van der Waals surface area contributed by atoms with Crippen LogP contribution in [0, 0.1) is 11.6 Å². The largest absolute Gasteiger partial charge is 0.316 e. The molecule has 1 aromatic carbocycles. The summed E-state index contributed by atoms with van der Waals surface area (Å²) in [6.45, 7) is 1.94. The average molecular weight is 278 g/mol. The molecule has 1 saturated heterocycles. The van der Waals surface area contributed by atoms with Crippen LogP contribution in [0.4, 0.5) is 8.78 Å². The number of aromatic nitrogens is 3. The molecule has 6 heteroatoms. The third-order valence-corrected chi connectivity index (χ3v) is 3.57. The molecule has 1 atom stereocenters. The first kappa shape index (κ1) is 13.2. The second-order valence-electron chi connectivity index (χ2n) is 5.11. The Bertz CT molecular complexity index is 591. The molecule has 0 amide bonds. The predicted molar refractivity (Wildman–Crippen MR) is 70.4 cm³/mol. The monoisotopic (exact) mass is 278 g/mol. The van der Waals surface area contributed by atoms with E-state index in [-0.39, 0.29) is 0 Å². The van der Waals surface area contributed by atoms with Gasteiger partial charge in [0.05, 0.1) is 0 Å². The van der Waals surface area contributed by atoms with Gasteiger partial charge in [-0.2, -0.15) is 5.10 Å². The molecular formula is C14H16F2N4. The lowest BCUT2D eigenvalue weighted by molar-refractivity contribution is 0.447. The van der Waals surface area contributed by atoms with Crippen molar-refractivity contribution in [2.45, 2.75) is 25.2 Å². The molecule has 1 fully saturated rings. The number of hydrogen-bond donors (Lipinski definition) is 2. The van der Waals surface area contributed by atoms with Crippen LogP contribution in [-0.2, 0) is 6.42 Å². The number of nitrogens with zero attached hydrogens (tertiary/aromatic N) is 2. The third kappa shape index (κ3) is 2.85. The van der Waals surface area contributed by atoms with Crippen LogP contribution in [0.1, 0.15) is 36.0 Å². The molecule has 0 aliphatic carbocycles. The molecule has 0 spiro atoms. The minimum absolute atomic E-state index is 0.332. The number of rotatable bonds is 3. The first-order valence-electron chi connectivity index (χ1n) is 6.78. The van der Waals surface area contributed by atoms with Crippen molar-refractivity contribution in [2.75, 3.05) is 13.1 Å². The molecule has 1 aliphatic heterocycles. The van der Waals surface area contributed by atoms with Crippen molar-refractivity contribution in [1.29, 1.82) is 0 Å². The van der Waals surface area contributed by atoms with E-state index in [1.165, 1.54) is 6.07 Å². The van der Waals surface area contributed by atoms with Crippen LogP contribution in [0.15, 0.2) is 18.2 Å². The molecule has 1 aliphatic rings. The fraction of sp³-hybridized carbons (Fsp3) is 0.429. The van der Waals surface area contributed by atoms with Gasteiger partial charge in [-0.05, 0) is 37.1 Å². The van der Waals surface area contributed by atoms with Crippen LogP contribution < -0.4 is 5.32 Å². The van der Waals surface area contributed by atoms with Gasteiger partial charge < -0.3 is 5.32 Å². The van der Waals surface area contributed by atoms with E-state index in [1.807, 2.05) is 0 Å². The summed E-state index contributed by atoms with van der Waals surface area (Å²) in [5, 5.41) is 10.4. The molecule has 0 bridgehead atoms. The molecule has 106 valence electrons. The van der Waals surface area contributed by atoms with Gasteiger partial charge in [0.1, 0.15) is 5.82 Å². The van der Waals surface area contributed by atoms with Crippen molar-refractivity contribution in [3.8, 4) is 0 Å². The van der Waals surface area contributed by atoms with Gasteiger partial charge in [-0.25, -0.2) is 13.8 Å². The first-order chi connectivity index (χ1) is 9.72. The van der Waals surface area contributed by atoms with E-state index in [0.29, 0.717) is 23.7 Å². The van der Waals surface area contributed by atoms with Crippen LogP contribution >= 0.6 is 0 Å². The maximum absolute atomic E-state index is 13.1. The van der Waals surface area contributed by atoms with E-state index in [9.17, 15) is 8.78 Å². The number of benzene rings is 1. The molecule has 2 N–H and O–H groups in total. The lowest BCUT2D eigenvalue weighted by atomic mass is 9.99. The lowest BCUT2D eigenvalue weighted by Gasteiger charge is -2.19. The van der Waals surface area contributed by atoms with Crippen LogP contribution in [0.3, 0.4) is 0 Å². The first-order valence-corrected chi connectivity index (χ1v) is 6.78. The van der Waals surface area contributed by atoms with Crippen LogP contribution in [-0.4, -0.2) is 28.3 Å². The van der Waals surface area contributed by atoms with Crippen LogP contribution in [0.25, 0.3) is 0 Å². The zero-order valence-electron chi connectivity index (χ0n) is 11.0. The highest BCUT2D eigenvalue weighted by atomic mass is 19.2. The van der Waals surface area contributed by atoms with E-state index in [2.05, 4.69) is 20.5 Å². The highest BCUT2D eigenvalue weighted by molar-refractivity contribution is 5.21. The van der Waals surface area contributed by atoms with Crippen molar-refractivity contribution in [3.05, 3.63) is 47.0 Å². The Balaban J connectivity index is 1.71. The topological polar surface area (TPSA) is 53.6 Å². The molecule has 2 heterocycles. The Morgan fingerprint density at radius 2 is 2.15 bits per heavy atom. The number of aromatic amines is 1. The maximum atomic E-state index is 13.1. The zero-order chi connectivity index (χ0) is 13.9. The number of nitrogens with one attached hydrogen (secondary N) is 2. The Morgan fingerprint density at radius 3 is 2.90 bits per heavy atom. The van der Waals surface area contributed by atoms with Gasteiger partial charge in [-0.3, -0.25) is 5.10 Å². The summed E-state index contributed by atoms with van der Waals surface area (Å²) in [4.78, 5) is 4.46. The van der Waals surface area contributed by atoms with Crippen molar-refractivity contribution >= 4 is 0 Å². The molecule has 0 radical (unpaired) electrons. The molecule has 1 aromatic heterocycles.